The lowest BCUT2D eigenvalue weighted by Crippen LogP contribution is -2.28. The highest BCUT2D eigenvalue weighted by Crippen LogP contribution is 2.31. The highest BCUT2D eigenvalue weighted by molar-refractivity contribution is 6.06. The van der Waals surface area contributed by atoms with Crippen LogP contribution in [0.3, 0.4) is 0 Å². The number of fused-ring (bicyclic) bond motifs is 1. The summed E-state index contributed by atoms with van der Waals surface area (Å²) < 4.78 is 14.2. The average Bonchev–Trinajstić information content (AvgIpc) is 3.34. The zero-order chi connectivity index (χ0) is 26.4. The van der Waals surface area contributed by atoms with Crippen molar-refractivity contribution in [3.63, 3.8) is 0 Å². The monoisotopic (exact) mass is 488 g/mol. The molecule has 0 aliphatic heterocycles. The lowest BCUT2D eigenvalue weighted by atomic mass is 10.2. The van der Waals surface area contributed by atoms with Gasteiger partial charge in [0.25, 0.3) is 0 Å². The molecule has 4 rings (SSSR count). The molecule has 0 atom stereocenters. The second-order valence-electron chi connectivity index (χ2n) is 9.00. The SMILES string of the molecule is C#Cc1nn(C)c(=O)n1-c1ccc(-c2cc3cc(C)nc(C(=O)OC)c3n2C(=O)OC(C)(C)C)nc1. The Labute approximate surface area is 206 Å². The number of aryl methyl sites for hydroxylation is 2. The Morgan fingerprint density at radius 1 is 1.17 bits per heavy atom. The lowest BCUT2D eigenvalue weighted by molar-refractivity contribution is 0.0546. The molecule has 11 heteroatoms. The number of methoxy groups -OCH3 is 1. The van der Waals surface area contributed by atoms with Crippen molar-refractivity contribution in [1.82, 2.24) is 28.9 Å². The van der Waals surface area contributed by atoms with Gasteiger partial charge in [0.15, 0.2) is 5.69 Å². The minimum Gasteiger partial charge on any atom is -0.464 e. The van der Waals surface area contributed by atoms with E-state index in [0.29, 0.717) is 28.2 Å². The fourth-order valence-electron chi connectivity index (χ4n) is 3.75. The summed E-state index contributed by atoms with van der Waals surface area (Å²) in [5, 5.41) is 4.59. The Kier molecular flexibility index (Phi) is 5.97. The number of hydrogen-bond acceptors (Lipinski definition) is 8. The van der Waals surface area contributed by atoms with Crippen molar-refractivity contribution < 1.29 is 19.1 Å². The van der Waals surface area contributed by atoms with Gasteiger partial charge < -0.3 is 9.47 Å². The standard InChI is InChI=1S/C25H24N6O5/c1-8-19-28-29(6)23(33)30(19)16-9-10-17(26-13-16)18-12-15-11-14(2)27-20(22(32)35-7)21(15)31(18)24(34)36-25(3,4)5/h1,9-13H,2-7H3. The number of terminal acetylenes is 1. The number of ether oxygens (including phenoxy) is 2. The van der Waals surface area contributed by atoms with Crippen molar-refractivity contribution in [3.05, 3.63) is 58.2 Å². The molecule has 0 saturated heterocycles. The number of carbonyl (C=O) groups excluding carboxylic acids is 2. The molecule has 0 unspecified atom stereocenters. The first-order chi connectivity index (χ1) is 16.9. The molecular weight excluding hydrogens is 464 g/mol. The van der Waals surface area contributed by atoms with E-state index >= 15 is 0 Å². The topological polar surface area (TPSA) is 123 Å². The zero-order valence-electron chi connectivity index (χ0n) is 20.7. The summed E-state index contributed by atoms with van der Waals surface area (Å²) in [6.45, 7) is 6.95. The van der Waals surface area contributed by atoms with Gasteiger partial charge in [-0.05, 0) is 57.9 Å². The number of hydrogen-bond donors (Lipinski definition) is 0. The van der Waals surface area contributed by atoms with Crippen LogP contribution in [0.1, 0.15) is 42.8 Å². The summed E-state index contributed by atoms with van der Waals surface area (Å²) in [7, 11) is 2.74. The third-order valence-corrected chi connectivity index (χ3v) is 5.18. The number of pyridine rings is 2. The summed E-state index contributed by atoms with van der Waals surface area (Å²) in [6.07, 6.45) is 6.23. The quantitative estimate of drug-likeness (QED) is 0.319. The van der Waals surface area contributed by atoms with Crippen LogP contribution in [0.2, 0.25) is 0 Å². The van der Waals surface area contributed by atoms with Crippen LogP contribution in [0.15, 0.2) is 35.3 Å². The van der Waals surface area contributed by atoms with Crippen molar-refractivity contribution >= 4 is 23.0 Å². The van der Waals surface area contributed by atoms with Crippen LogP contribution < -0.4 is 5.69 Å². The molecule has 0 bridgehead atoms. The van der Waals surface area contributed by atoms with Crippen LogP contribution >= 0.6 is 0 Å². The summed E-state index contributed by atoms with van der Waals surface area (Å²) >= 11 is 0. The first-order valence-electron chi connectivity index (χ1n) is 10.9. The van der Waals surface area contributed by atoms with Gasteiger partial charge in [-0.1, -0.05) is 0 Å². The van der Waals surface area contributed by atoms with E-state index in [4.69, 9.17) is 15.9 Å². The Bertz CT molecular complexity index is 1610. The highest BCUT2D eigenvalue weighted by Gasteiger charge is 2.28. The van der Waals surface area contributed by atoms with Crippen LogP contribution in [0.4, 0.5) is 4.79 Å². The van der Waals surface area contributed by atoms with Crippen molar-refractivity contribution in [2.45, 2.75) is 33.3 Å². The van der Waals surface area contributed by atoms with Crippen LogP contribution in [-0.4, -0.2) is 53.7 Å². The average molecular weight is 489 g/mol. The predicted molar refractivity (Wildman–Crippen MR) is 131 cm³/mol. The minimum absolute atomic E-state index is 0.0261. The summed E-state index contributed by atoms with van der Waals surface area (Å²) in [4.78, 5) is 47.2. The van der Waals surface area contributed by atoms with E-state index in [1.807, 2.05) is 0 Å². The minimum atomic E-state index is -0.807. The van der Waals surface area contributed by atoms with Gasteiger partial charge in [0.2, 0.25) is 5.82 Å². The molecule has 0 radical (unpaired) electrons. The Morgan fingerprint density at radius 2 is 1.89 bits per heavy atom. The summed E-state index contributed by atoms with van der Waals surface area (Å²) in [6, 6.07) is 6.72. The molecule has 184 valence electrons. The summed E-state index contributed by atoms with van der Waals surface area (Å²) in [5.74, 6) is 1.81. The van der Waals surface area contributed by atoms with Crippen molar-refractivity contribution in [2.75, 3.05) is 7.11 Å². The molecule has 0 aromatic carbocycles. The smallest absolute Gasteiger partial charge is 0.419 e. The van der Waals surface area contributed by atoms with Gasteiger partial charge in [0.05, 0.1) is 35.9 Å². The molecule has 0 fully saturated rings. The molecule has 36 heavy (non-hydrogen) atoms. The van der Waals surface area contributed by atoms with E-state index in [2.05, 4.69) is 21.0 Å². The van der Waals surface area contributed by atoms with Crippen molar-refractivity contribution in [3.8, 4) is 29.4 Å². The molecule has 4 heterocycles. The van der Waals surface area contributed by atoms with Crippen molar-refractivity contribution in [2.24, 2.45) is 7.05 Å². The van der Waals surface area contributed by atoms with Crippen LogP contribution in [-0.2, 0) is 16.5 Å². The third kappa shape index (κ3) is 4.24. The molecular formula is C25H24N6O5. The second kappa shape index (κ2) is 8.81. The fraction of sp³-hybridized carbons (Fsp3) is 0.280. The number of nitrogens with zero attached hydrogens (tertiary/aromatic N) is 6. The van der Waals surface area contributed by atoms with Gasteiger partial charge in [-0.25, -0.2) is 33.2 Å². The Morgan fingerprint density at radius 3 is 2.47 bits per heavy atom. The van der Waals surface area contributed by atoms with Crippen LogP contribution in [0.5, 0.6) is 0 Å². The molecule has 4 aromatic heterocycles. The Balaban J connectivity index is 1.95. The van der Waals surface area contributed by atoms with E-state index < -0.39 is 23.4 Å². The molecule has 0 spiro atoms. The predicted octanol–water partition coefficient (Wildman–Crippen LogP) is 2.84. The zero-order valence-corrected chi connectivity index (χ0v) is 20.7. The first-order valence-corrected chi connectivity index (χ1v) is 10.9. The van der Waals surface area contributed by atoms with E-state index in [1.54, 1.807) is 52.0 Å². The number of carbonyl (C=O) groups is 2. The fourth-order valence-corrected chi connectivity index (χ4v) is 3.75. The lowest BCUT2D eigenvalue weighted by Gasteiger charge is -2.21. The third-order valence-electron chi connectivity index (χ3n) is 5.18. The van der Waals surface area contributed by atoms with Gasteiger partial charge >= 0.3 is 17.8 Å². The molecule has 11 nitrogen and oxygen atoms in total. The largest absolute Gasteiger partial charge is 0.464 e. The van der Waals surface area contributed by atoms with E-state index in [-0.39, 0.29) is 17.0 Å². The van der Waals surface area contributed by atoms with Gasteiger partial charge in [0, 0.05) is 18.1 Å². The molecule has 0 N–H and O–H groups in total. The van der Waals surface area contributed by atoms with Gasteiger partial charge in [-0.3, -0.25) is 4.98 Å². The maximum atomic E-state index is 13.4. The van der Waals surface area contributed by atoms with Gasteiger partial charge in [-0.2, -0.15) is 0 Å². The van der Waals surface area contributed by atoms with Gasteiger partial charge in [-0.15, -0.1) is 11.5 Å². The number of rotatable bonds is 3. The van der Waals surface area contributed by atoms with Crippen LogP contribution in [0, 0.1) is 19.3 Å². The second-order valence-corrected chi connectivity index (χ2v) is 9.00. The maximum Gasteiger partial charge on any atom is 0.419 e. The number of esters is 1. The Hall–Kier alpha value is -4.72. The molecule has 0 aliphatic rings. The van der Waals surface area contributed by atoms with Gasteiger partial charge in [0.1, 0.15) is 5.60 Å². The maximum absolute atomic E-state index is 13.4. The normalized spacial score (nSPS) is 11.4. The molecule has 4 aromatic rings. The number of aromatic nitrogens is 6. The van der Waals surface area contributed by atoms with E-state index in [1.165, 1.54) is 29.5 Å². The van der Waals surface area contributed by atoms with E-state index in [0.717, 1.165) is 4.68 Å². The van der Waals surface area contributed by atoms with Crippen LogP contribution in [0.25, 0.3) is 28.0 Å². The summed E-state index contributed by atoms with van der Waals surface area (Å²) in [5.41, 5.74) is 0.688. The van der Waals surface area contributed by atoms with E-state index in [9.17, 15) is 14.4 Å². The molecule has 0 saturated carbocycles. The molecule has 0 aliphatic carbocycles. The van der Waals surface area contributed by atoms with Crippen molar-refractivity contribution in [1.29, 1.82) is 0 Å². The molecule has 0 amide bonds. The highest BCUT2D eigenvalue weighted by atomic mass is 16.6. The first kappa shape index (κ1) is 24.4.